The Hall–Kier alpha value is -1.10. The summed E-state index contributed by atoms with van der Waals surface area (Å²) in [6.45, 7) is 3.98. The summed E-state index contributed by atoms with van der Waals surface area (Å²) in [7, 11) is 0. The maximum atomic E-state index is 12.6. The summed E-state index contributed by atoms with van der Waals surface area (Å²) < 4.78 is 5.61. The Morgan fingerprint density at radius 2 is 1.85 bits per heavy atom. The van der Waals surface area contributed by atoms with E-state index in [9.17, 15) is 14.7 Å². The molecule has 0 bridgehead atoms. The fourth-order valence-electron chi connectivity index (χ4n) is 3.47. The molecule has 1 saturated carbocycles. The van der Waals surface area contributed by atoms with Gasteiger partial charge in [0, 0.05) is 19.7 Å². The van der Waals surface area contributed by atoms with Crippen LogP contribution in [0.3, 0.4) is 0 Å². The maximum Gasteiger partial charge on any atom is 0.307 e. The van der Waals surface area contributed by atoms with Crippen LogP contribution in [0, 0.1) is 11.8 Å². The van der Waals surface area contributed by atoms with Crippen LogP contribution in [-0.4, -0.2) is 47.7 Å². The predicted octanol–water partition coefficient (Wildman–Crippen LogP) is 1.90. The van der Waals surface area contributed by atoms with E-state index in [0.29, 0.717) is 26.0 Å². The molecule has 1 aliphatic heterocycles. The van der Waals surface area contributed by atoms with E-state index in [-0.39, 0.29) is 17.9 Å². The van der Waals surface area contributed by atoms with Gasteiger partial charge in [0.2, 0.25) is 5.91 Å². The fraction of sp³-hybridized carbons (Fsp3) is 0.867. The van der Waals surface area contributed by atoms with Gasteiger partial charge in [-0.1, -0.05) is 12.8 Å². The van der Waals surface area contributed by atoms with Crippen LogP contribution in [0.5, 0.6) is 0 Å². The summed E-state index contributed by atoms with van der Waals surface area (Å²) in [5, 5.41) is 9.30. The molecule has 0 radical (unpaired) electrons. The molecule has 0 aromatic carbocycles. The summed E-state index contributed by atoms with van der Waals surface area (Å²) in [5.41, 5.74) is 0. The van der Waals surface area contributed by atoms with Crippen molar-refractivity contribution in [1.82, 2.24) is 4.90 Å². The van der Waals surface area contributed by atoms with Crippen molar-refractivity contribution >= 4 is 11.9 Å². The highest BCUT2D eigenvalue weighted by Gasteiger charge is 2.38. The minimum atomic E-state index is -0.818. The van der Waals surface area contributed by atoms with Gasteiger partial charge in [0.1, 0.15) is 0 Å². The number of carboxylic acids is 1. The Balaban J connectivity index is 1.99. The van der Waals surface area contributed by atoms with Crippen LogP contribution in [-0.2, 0) is 14.3 Å². The lowest BCUT2D eigenvalue weighted by atomic mass is 9.78. The number of carbonyl (C=O) groups excluding carboxylic acids is 1. The highest BCUT2D eigenvalue weighted by molar-refractivity contribution is 5.85. The number of nitrogens with zero attached hydrogens (tertiary/aromatic N) is 1. The standard InChI is InChI=1S/C15H25NO4/c1-2-20-11-6-5-9-16(10-11)14(17)12-7-3-4-8-13(12)15(18)19/h11-13H,2-10H2,1H3,(H,18,19)/t11?,12-,13+/m1/s1. The Morgan fingerprint density at radius 1 is 1.15 bits per heavy atom. The van der Waals surface area contributed by atoms with Crippen molar-refractivity contribution in [3.8, 4) is 0 Å². The smallest absolute Gasteiger partial charge is 0.307 e. The normalized spacial score (nSPS) is 31.1. The summed E-state index contributed by atoms with van der Waals surface area (Å²) in [4.78, 5) is 25.8. The van der Waals surface area contributed by atoms with Gasteiger partial charge in [0.15, 0.2) is 0 Å². The molecule has 1 saturated heterocycles. The second-order valence-corrected chi connectivity index (χ2v) is 5.84. The minimum Gasteiger partial charge on any atom is -0.481 e. The van der Waals surface area contributed by atoms with Crippen LogP contribution >= 0.6 is 0 Å². The van der Waals surface area contributed by atoms with E-state index in [0.717, 1.165) is 32.2 Å². The Morgan fingerprint density at radius 3 is 2.50 bits per heavy atom. The molecule has 1 aliphatic carbocycles. The van der Waals surface area contributed by atoms with Crippen molar-refractivity contribution in [1.29, 1.82) is 0 Å². The monoisotopic (exact) mass is 283 g/mol. The highest BCUT2D eigenvalue weighted by atomic mass is 16.5. The lowest BCUT2D eigenvalue weighted by Crippen LogP contribution is -2.48. The van der Waals surface area contributed by atoms with Crippen molar-refractivity contribution in [2.24, 2.45) is 11.8 Å². The number of carbonyl (C=O) groups is 2. The lowest BCUT2D eigenvalue weighted by molar-refractivity contribution is -0.154. The molecule has 20 heavy (non-hydrogen) atoms. The Bertz CT molecular complexity index is 356. The Labute approximate surface area is 120 Å². The van der Waals surface area contributed by atoms with Crippen LogP contribution in [0.15, 0.2) is 0 Å². The molecule has 2 fully saturated rings. The molecule has 1 unspecified atom stereocenters. The topological polar surface area (TPSA) is 66.8 Å². The van der Waals surface area contributed by atoms with Crippen molar-refractivity contribution < 1.29 is 19.4 Å². The summed E-state index contributed by atoms with van der Waals surface area (Å²) in [5.74, 6) is -1.62. The molecular weight excluding hydrogens is 258 g/mol. The van der Waals surface area contributed by atoms with E-state index in [4.69, 9.17) is 4.74 Å². The molecule has 114 valence electrons. The molecule has 0 aromatic heterocycles. The molecule has 2 rings (SSSR count). The second kappa shape index (κ2) is 7.07. The first-order chi connectivity index (χ1) is 9.63. The maximum absolute atomic E-state index is 12.6. The third kappa shape index (κ3) is 3.51. The first kappa shape index (κ1) is 15.3. The van der Waals surface area contributed by atoms with Crippen LogP contribution in [0.1, 0.15) is 45.4 Å². The first-order valence-corrected chi connectivity index (χ1v) is 7.76. The SMILES string of the molecule is CCOC1CCCN(C(=O)[C@@H]2CCCC[C@@H]2C(=O)O)C1. The number of carboxylic acid groups (broad SMARTS) is 1. The van der Waals surface area contributed by atoms with Gasteiger partial charge in [0.25, 0.3) is 0 Å². The van der Waals surface area contributed by atoms with Crippen molar-refractivity contribution in [3.63, 3.8) is 0 Å². The zero-order valence-electron chi connectivity index (χ0n) is 12.2. The molecule has 3 atom stereocenters. The number of ether oxygens (including phenoxy) is 1. The quantitative estimate of drug-likeness (QED) is 0.855. The predicted molar refractivity (Wildman–Crippen MR) is 74.3 cm³/mol. The molecule has 2 aliphatic rings. The van der Waals surface area contributed by atoms with Crippen LogP contribution in [0.25, 0.3) is 0 Å². The van der Waals surface area contributed by atoms with Gasteiger partial charge in [-0.15, -0.1) is 0 Å². The number of piperidine rings is 1. The molecule has 0 spiro atoms. The van der Waals surface area contributed by atoms with Gasteiger partial charge in [-0.25, -0.2) is 0 Å². The van der Waals surface area contributed by atoms with Gasteiger partial charge < -0.3 is 14.7 Å². The van der Waals surface area contributed by atoms with Gasteiger partial charge in [0.05, 0.1) is 17.9 Å². The lowest BCUT2D eigenvalue weighted by Gasteiger charge is -2.37. The van der Waals surface area contributed by atoms with E-state index < -0.39 is 11.9 Å². The molecule has 5 nitrogen and oxygen atoms in total. The summed E-state index contributed by atoms with van der Waals surface area (Å²) in [6, 6.07) is 0. The van der Waals surface area contributed by atoms with Crippen LogP contribution in [0.4, 0.5) is 0 Å². The number of likely N-dealkylation sites (tertiary alicyclic amines) is 1. The first-order valence-electron chi connectivity index (χ1n) is 7.76. The molecule has 1 N–H and O–H groups in total. The van der Waals surface area contributed by atoms with Crippen molar-refractivity contribution in [2.75, 3.05) is 19.7 Å². The van der Waals surface area contributed by atoms with E-state index in [2.05, 4.69) is 0 Å². The van der Waals surface area contributed by atoms with E-state index in [1.54, 1.807) is 0 Å². The van der Waals surface area contributed by atoms with Crippen LogP contribution in [0.2, 0.25) is 0 Å². The van der Waals surface area contributed by atoms with Crippen molar-refractivity contribution in [2.45, 2.75) is 51.6 Å². The van der Waals surface area contributed by atoms with E-state index in [1.807, 2.05) is 11.8 Å². The summed E-state index contributed by atoms with van der Waals surface area (Å²) in [6.07, 6.45) is 5.28. The third-order valence-corrected chi connectivity index (χ3v) is 4.49. The van der Waals surface area contributed by atoms with Gasteiger partial charge in [-0.05, 0) is 32.6 Å². The van der Waals surface area contributed by atoms with Crippen LogP contribution < -0.4 is 0 Å². The molecular formula is C15H25NO4. The van der Waals surface area contributed by atoms with Gasteiger partial charge in [-0.3, -0.25) is 9.59 Å². The van der Waals surface area contributed by atoms with E-state index >= 15 is 0 Å². The average molecular weight is 283 g/mol. The van der Waals surface area contributed by atoms with Gasteiger partial charge >= 0.3 is 5.97 Å². The molecule has 0 aromatic rings. The molecule has 5 heteroatoms. The number of hydrogen-bond donors (Lipinski definition) is 1. The zero-order valence-corrected chi connectivity index (χ0v) is 12.2. The Kier molecular flexibility index (Phi) is 5.40. The van der Waals surface area contributed by atoms with Crippen molar-refractivity contribution in [3.05, 3.63) is 0 Å². The van der Waals surface area contributed by atoms with E-state index in [1.165, 1.54) is 0 Å². The highest BCUT2D eigenvalue weighted by Crippen LogP contribution is 2.32. The molecule has 1 heterocycles. The third-order valence-electron chi connectivity index (χ3n) is 4.49. The number of hydrogen-bond acceptors (Lipinski definition) is 3. The number of amides is 1. The average Bonchev–Trinajstić information content (AvgIpc) is 2.47. The number of rotatable bonds is 4. The number of aliphatic carboxylic acids is 1. The molecule has 1 amide bonds. The minimum absolute atomic E-state index is 0.0292. The fourth-order valence-corrected chi connectivity index (χ4v) is 3.47. The second-order valence-electron chi connectivity index (χ2n) is 5.84. The zero-order chi connectivity index (χ0) is 14.5. The summed E-state index contributed by atoms with van der Waals surface area (Å²) >= 11 is 0. The largest absolute Gasteiger partial charge is 0.481 e. The van der Waals surface area contributed by atoms with Gasteiger partial charge in [-0.2, -0.15) is 0 Å².